The summed E-state index contributed by atoms with van der Waals surface area (Å²) in [6, 6.07) is 0. The quantitative estimate of drug-likeness (QED) is 0.790. The predicted molar refractivity (Wildman–Crippen MR) is 80.5 cm³/mol. The van der Waals surface area contributed by atoms with E-state index in [1.54, 1.807) is 10.8 Å². The standard InChI is InChI=1S/C13H18N4O5S/c1-3-8-6-17(12-9(8)5-15-7-16-12)11-4-10(18)13(21-11)22-23(19,20)14-2/h5-7,10-11,13-14,18H,3-4H2,1-2H3/t10-,11+,13+/m0/s1. The van der Waals surface area contributed by atoms with E-state index in [4.69, 9.17) is 8.92 Å². The largest absolute Gasteiger partial charge is 0.388 e. The van der Waals surface area contributed by atoms with E-state index >= 15 is 0 Å². The summed E-state index contributed by atoms with van der Waals surface area (Å²) >= 11 is 0. The van der Waals surface area contributed by atoms with Gasteiger partial charge in [0.25, 0.3) is 0 Å². The number of aliphatic hydroxyl groups is 1. The van der Waals surface area contributed by atoms with Crippen LogP contribution < -0.4 is 4.72 Å². The molecule has 0 bridgehead atoms. The number of ether oxygens (including phenoxy) is 1. The van der Waals surface area contributed by atoms with Gasteiger partial charge < -0.3 is 14.4 Å². The fourth-order valence-corrected chi connectivity index (χ4v) is 3.13. The molecule has 23 heavy (non-hydrogen) atoms. The van der Waals surface area contributed by atoms with Crippen molar-refractivity contribution in [1.82, 2.24) is 19.3 Å². The first-order valence-electron chi connectivity index (χ1n) is 7.20. The average Bonchev–Trinajstić information content (AvgIpc) is 3.08. The molecule has 0 aliphatic carbocycles. The van der Waals surface area contributed by atoms with E-state index in [1.807, 2.05) is 17.8 Å². The van der Waals surface area contributed by atoms with Crippen LogP contribution in [0.3, 0.4) is 0 Å². The minimum Gasteiger partial charge on any atom is -0.388 e. The first-order chi connectivity index (χ1) is 10.9. The Kier molecular flexibility index (Phi) is 4.34. The maximum atomic E-state index is 11.5. The Balaban J connectivity index is 1.89. The average molecular weight is 342 g/mol. The number of aliphatic hydroxyl groups excluding tert-OH is 1. The first-order valence-corrected chi connectivity index (χ1v) is 8.60. The Morgan fingerprint density at radius 3 is 3.04 bits per heavy atom. The minimum absolute atomic E-state index is 0.195. The topological polar surface area (TPSA) is 116 Å². The van der Waals surface area contributed by atoms with Crippen LogP contribution in [0, 0.1) is 0 Å². The highest BCUT2D eigenvalue weighted by atomic mass is 32.2. The summed E-state index contributed by atoms with van der Waals surface area (Å²) in [6.45, 7) is 2.02. The predicted octanol–water partition coefficient (Wildman–Crippen LogP) is 0.0804. The van der Waals surface area contributed by atoms with Crippen LogP contribution in [-0.4, -0.2) is 47.5 Å². The minimum atomic E-state index is -3.95. The molecule has 2 aromatic rings. The van der Waals surface area contributed by atoms with Crippen molar-refractivity contribution < 1.29 is 22.4 Å². The zero-order chi connectivity index (χ0) is 16.6. The third-order valence-corrected chi connectivity index (χ3v) is 4.73. The molecular weight excluding hydrogens is 324 g/mol. The van der Waals surface area contributed by atoms with Crippen molar-refractivity contribution >= 4 is 21.3 Å². The summed E-state index contributed by atoms with van der Waals surface area (Å²) in [5.74, 6) is 0. The Hall–Kier alpha value is -1.59. The number of nitrogens with zero attached hydrogens (tertiary/aromatic N) is 3. The van der Waals surface area contributed by atoms with Gasteiger partial charge in [0.05, 0.1) is 0 Å². The highest BCUT2D eigenvalue weighted by Gasteiger charge is 2.39. The van der Waals surface area contributed by atoms with Gasteiger partial charge in [-0.1, -0.05) is 6.92 Å². The molecule has 0 amide bonds. The second-order valence-corrected chi connectivity index (χ2v) is 6.70. The van der Waals surface area contributed by atoms with Crippen LogP contribution in [-0.2, 0) is 25.6 Å². The zero-order valence-electron chi connectivity index (χ0n) is 12.7. The molecule has 0 unspecified atom stereocenters. The molecule has 10 heteroatoms. The van der Waals surface area contributed by atoms with Gasteiger partial charge in [-0.25, -0.2) is 14.2 Å². The monoisotopic (exact) mass is 342 g/mol. The van der Waals surface area contributed by atoms with Gasteiger partial charge >= 0.3 is 10.3 Å². The van der Waals surface area contributed by atoms with Gasteiger partial charge in [-0.2, -0.15) is 13.1 Å². The van der Waals surface area contributed by atoms with Crippen LogP contribution in [0.4, 0.5) is 0 Å². The summed E-state index contributed by atoms with van der Waals surface area (Å²) in [6.07, 6.45) is 3.13. The van der Waals surface area contributed by atoms with E-state index in [9.17, 15) is 13.5 Å². The summed E-state index contributed by atoms with van der Waals surface area (Å²) in [7, 11) is -2.73. The van der Waals surface area contributed by atoms with Crippen molar-refractivity contribution in [2.75, 3.05) is 7.05 Å². The third kappa shape index (κ3) is 3.08. The molecule has 1 aliphatic rings. The molecule has 1 fully saturated rings. The van der Waals surface area contributed by atoms with E-state index in [0.717, 1.165) is 17.4 Å². The molecule has 1 aliphatic heterocycles. The zero-order valence-corrected chi connectivity index (χ0v) is 13.5. The van der Waals surface area contributed by atoms with Crippen molar-refractivity contribution in [3.8, 4) is 0 Å². The second kappa shape index (κ2) is 6.13. The molecular formula is C13H18N4O5S. The lowest BCUT2D eigenvalue weighted by Gasteiger charge is -2.15. The fraction of sp³-hybridized carbons (Fsp3) is 0.538. The molecule has 0 radical (unpaired) electrons. The number of nitrogens with one attached hydrogen (secondary N) is 1. The number of aromatic nitrogens is 3. The first kappa shape index (κ1) is 16.3. The van der Waals surface area contributed by atoms with E-state index in [2.05, 4.69) is 9.97 Å². The van der Waals surface area contributed by atoms with E-state index in [0.29, 0.717) is 5.65 Å². The van der Waals surface area contributed by atoms with Gasteiger partial charge in [0.1, 0.15) is 24.3 Å². The highest BCUT2D eigenvalue weighted by Crippen LogP contribution is 2.33. The molecule has 2 aromatic heterocycles. The van der Waals surface area contributed by atoms with Crippen molar-refractivity contribution in [2.24, 2.45) is 0 Å². The lowest BCUT2D eigenvalue weighted by molar-refractivity contribution is -0.121. The van der Waals surface area contributed by atoms with Crippen LogP contribution in [0.25, 0.3) is 11.0 Å². The van der Waals surface area contributed by atoms with Crippen molar-refractivity contribution in [2.45, 2.75) is 38.4 Å². The van der Waals surface area contributed by atoms with Gasteiger partial charge in [0.15, 0.2) is 0 Å². The van der Waals surface area contributed by atoms with Gasteiger partial charge in [0.2, 0.25) is 6.29 Å². The van der Waals surface area contributed by atoms with Gasteiger partial charge in [-0.15, -0.1) is 0 Å². The SMILES string of the molecule is CCc1cn([C@H]2C[C@H](O)[C@@H](OS(=O)(=O)NC)O2)c2ncncc12. The normalized spacial score (nSPS) is 25.3. The third-order valence-electron chi connectivity index (χ3n) is 3.79. The molecule has 0 aromatic carbocycles. The summed E-state index contributed by atoms with van der Waals surface area (Å²) in [5.41, 5.74) is 1.72. The lowest BCUT2D eigenvalue weighted by atomic mass is 10.2. The number of fused-ring (bicyclic) bond motifs is 1. The van der Waals surface area contributed by atoms with Crippen LogP contribution in [0.2, 0.25) is 0 Å². The number of hydrogen-bond donors (Lipinski definition) is 2. The van der Waals surface area contributed by atoms with Crippen molar-refractivity contribution in [3.63, 3.8) is 0 Å². The Labute approximate surface area is 133 Å². The molecule has 3 rings (SSSR count). The smallest absolute Gasteiger partial charge is 0.338 e. The molecule has 2 N–H and O–H groups in total. The molecule has 9 nitrogen and oxygen atoms in total. The van der Waals surface area contributed by atoms with Crippen LogP contribution in [0.15, 0.2) is 18.7 Å². The summed E-state index contributed by atoms with van der Waals surface area (Å²) < 4.78 is 37.1. The van der Waals surface area contributed by atoms with Crippen molar-refractivity contribution in [3.05, 3.63) is 24.3 Å². The molecule has 126 valence electrons. The van der Waals surface area contributed by atoms with E-state index < -0.39 is 28.9 Å². The van der Waals surface area contributed by atoms with Crippen LogP contribution in [0.1, 0.15) is 25.1 Å². The Morgan fingerprint density at radius 2 is 2.35 bits per heavy atom. The molecule has 0 saturated carbocycles. The van der Waals surface area contributed by atoms with Gasteiger partial charge in [-0.05, 0) is 12.0 Å². The number of hydrogen-bond acceptors (Lipinski definition) is 7. The van der Waals surface area contributed by atoms with E-state index in [-0.39, 0.29) is 6.42 Å². The van der Waals surface area contributed by atoms with Gasteiger partial charge in [-0.3, -0.25) is 0 Å². The second-order valence-electron chi connectivity index (χ2n) is 5.19. The number of rotatable bonds is 5. The number of aryl methyl sites for hydroxylation is 1. The highest BCUT2D eigenvalue weighted by molar-refractivity contribution is 7.84. The molecule has 3 heterocycles. The van der Waals surface area contributed by atoms with Crippen LogP contribution in [0.5, 0.6) is 0 Å². The van der Waals surface area contributed by atoms with E-state index in [1.165, 1.54) is 13.4 Å². The Morgan fingerprint density at radius 1 is 1.57 bits per heavy atom. The summed E-state index contributed by atoms with van der Waals surface area (Å²) in [4.78, 5) is 8.28. The van der Waals surface area contributed by atoms with Crippen molar-refractivity contribution in [1.29, 1.82) is 0 Å². The maximum Gasteiger partial charge on any atom is 0.338 e. The van der Waals surface area contributed by atoms with Crippen LogP contribution >= 0.6 is 0 Å². The fourth-order valence-electron chi connectivity index (χ4n) is 2.61. The lowest BCUT2D eigenvalue weighted by Crippen LogP contribution is -2.32. The molecule has 0 spiro atoms. The molecule has 3 atom stereocenters. The summed E-state index contributed by atoms with van der Waals surface area (Å²) in [5, 5.41) is 10.9. The van der Waals surface area contributed by atoms with Gasteiger partial charge in [0, 0.05) is 31.2 Å². The molecule has 1 saturated heterocycles. The maximum absolute atomic E-state index is 11.5. The Bertz CT molecular complexity index is 806.